The second-order valence-electron chi connectivity index (χ2n) is 0.883. The number of nitrogens with zero attached hydrogens (tertiary/aromatic N) is 1. The van der Waals surface area contributed by atoms with E-state index in [0.717, 1.165) is 0 Å². The Bertz CT molecular complexity index is 103. The molecular weight excluding hydrogens is 131 g/mol. The molecule has 0 heterocycles. The van der Waals surface area contributed by atoms with E-state index in [2.05, 4.69) is 5.10 Å². The molecule has 0 radical (unpaired) electrons. The summed E-state index contributed by atoms with van der Waals surface area (Å²) >= 11 is 5.10. The molecule has 0 atom stereocenters. The van der Waals surface area contributed by atoms with E-state index in [0.29, 0.717) is 0 Å². The molecule has 2 N–H and O–H groups in total. The largest absolute Gasteiger partial charge is 0.464 e. The lowest BCUT2D eigenvalue weighted by Gasteiger charge is -1.84. The van der Waals surface area contributed by atoms with Gasteiger partial charge in [-0.1, -0.05) is 0 Å². The van der Waals surface area contributed by atoms with E-state index in [1.54, 1.807) is 5.43 Å². The summed E-state index contributed by atoms with van der Waals surface area (Å²) in [6.07, 6.45) is 0.0572. The predicted octanol–water partition coefficient (Wildman–Crippen LogP) is 0.479. The van der Waals surface area contributed by atoms with Crippen molar-refractivity contribution >= 4 is 23.9 Å². The summed E-state index contributed by atoms with van der Waals surface area (Å²) in [5, 5.41) is 11.1. The van der Waals surface area contributed by atoms with Crippen LogP contribution in [-0.2, 0) is 0 Å². The Morgan fingerprint density at radius 1 is 2.00 bits per heavy atom. The van der Waals surface area contributed by atoms with Crippen LogP contribution in [0.25, 0.3) is 0 Å². The minimum Gasteiger partial charge on any atom is -0.464 e. The summed E-state index contributed by atoms with van der Waals surface area (Å²) < 4.78 is 0. The van der Waals surface area contributed by atoms with Crippen molar-refractivity contribution in [2.24, 2.45) is 5.10 Å². The van der Waals surface area contributed by atoms with Crippen molar-refractivity contribution in [3.8, 4) is 0 Å². The van der Waals surface area contributed by atoms with Crippen LogP contribution in [0.15, 0.2) is 5.10 Å². The first-order chi connectivity index (χ1) is 3.77. The number of alkyl halides is 1. The predicted molar refractivity (Wildman–Crippen MR) is 30.4 cm³/mol. The lowest BCUT2D eigenvalue weighted by Crippen LogP contribution is -2.13. The maximum Gasteiger partial charge on any atom is 0.425 e. The zero-order valence-corrected chi connectivity index (χ0v) is 4.72. The lowest BCUT2D eigenvalue weighted by molar-refractivity contribution is 0.195. The molecule has 0 aromatic heterocycles. The molecule has 0 bridgehead atoms. The van der Waals surface area contributed by atoms with Crippen LogP contribution in [-0.4, -0.2) is 23.3 Å². The molecule has 0 rings (SSSR count). The first-order valence-corrected chi connectivity index (χ1v) is 2.37. The summed E-state index contributed by atoms with van der Waals surface area (Å²) in [7, 11) is 0. The number of hydrogen-bond donors (Lipinski definition) is 2. The van der Waals surface area contributed by atoms with Gasteiger partial charge in [-0.25, -0.2) is 10.2 Å². The third-order valence-electron chi connectivity index (χ3n) is 0.320. The van der Waals surface area contributed by atoms with Crippen LogP contribution in [0.4, 0.5) is 4.79 Å². The summed E-state index contributed by atoms with van der Waals surface area (Å²) in [6.45, 7) is 0. The van der Waals surface area contributed by atoms with Gasteiger partial charge in [-0.3, -0.25) is 0 Å². The highest BCUT2D eigenvalue weighted by atomic mass is 35.5. The Kier molecular flexibility index (Phi) is 3.97. The molecular formula is C3H5ClN2O2. The molecule has 0 unspecified atom stereocenters. The highest BCUT2D eigenvalue weighted by molar-refractivity contribution is 6.24. The fraction of sp³-hybridized carbons (Fsp3) is 0.333. The molecule has 1 amide bonds. The second kappa shape index (κ2) is 4.39. The molecule has 0 spiro atoms. The third kappa shape index (κ3) is 5.23. The van der Waals surface area contributed by atoms with Crippen molar-refractivity contribution in [2.75, 3.05) is 5.88 Å². The maximum atomic E-state index is 9.61. The molecule has 0 aliphatic heterocycles. The zero-order chi connectivity index (χ0) is 6.41. The maximum absolute atomic E-state index is 9.61. The second-order valence-corrected chi connectivity index (χ2v) is 1.19. The van der Waals surface area contributed by atoms with Crippen LogP contribution in [0.2, 0.25) is 0 Å². The van der Waals surface area contributed by atoms with Crippen LogP contribution in [0.5, 0.6) is 0 Å². The summed E-state index contributed by atoms with van der Waals surface area (Å²) in [5.41, 5.74) is 1.75. The summed E-state index contributed by atoms with van der Waals surface area (Å²) in [6, 6.07) is 0. The van der Waals surface area contributed by atoms with E-state index < -0.39 is 6.09 Å². The molecule has 0 aliphatic carbocycles. The van der Waals surface area contributed by atoms with E-state index in [4.69, 9.17) is 16.7 Å². The topological polar surface area (TPSA) is 61.7 Å². The Balaban J connectivity index is 3.16. The number of hydrogen-bond acceptors (Lipinski definition) is 2. The van der Waals surface area contributed by atoms with Crippen LogP contribution in [0, 0.1) is 0 Å². The van der Waals surface area contributed by atoms with E-state index in [1.165, 1.54) is 6.21 Å². The van der Waals surface area contributed by atoms with Gasteiger partial charge in [0.05, 0.1) is 5.88 Å². The standard InChI is InChI=1S/C3H5ClN2O2/c4-1-2-5-6-3(7)8/h2,6H,1H2,(H,7,8)/b5-2+. The number of amides is 1. The zero-order valence-electron chi connectivity index (χ0n) is 3.97. The van der Waals surface area contributed by atoms with Gasteiger partial charge in [-0.15, -0.1) is 11.6 Å². The Morgan fingerprint density at radius 3 is 3.00 bits per heavy atom. The SMILES string of the molecule is O=C(O)N/N=C/CCl. The molecule has 0 aliphatic rings. The quantitative estimate of drug-likeness (QED) is 0.330. The Hall–Kier alpha value is -0.770. The van der Waals surface area contributed by atoms with Gasteiger partial charge in [0.2, 0.25) is 0 Å². The lowest BCUT2D eigenvalue weighted by atomic mass is 10.9. The Morgan fingerprint density at radius 2 is 2.62 bits per heavy atom. The molecule has 8 heavy (non-hydrogen) atoms. The average molecular weight is 137 g/mol. The van der Waals surface area contributed by atoms with Crippen molar-refractivity contribution < 1.29 is 9.90 Å². The molecule has 0 saturated carbocycles. The van der Waals surface area contributed by atoms with Crippen LogP contribution in [0.1, 0.15) is 0 Å². The van der Waals surface area contributed by atoms with Crippen molar-refractivity contribution in [2.45, 2.75) is 0 Å². The van der Waals surface area contributed by atoms with E-state index in [-0.39, 0.29) is 5.88 Å². The van der Waals surface area contributed by atoms with E-state index in [1.807, 2.05) is 0 Å². The number of hydrazone groups is 1. The molecule has 4 nitrogen and oxygen atoms in total. The number of halogens is 1. The van der Waals surface area contributed by atoms with Crippen LogP contribution >= 0.6 is 11.6 Å². The van der Waals surface area contributed by atoms with Gasteiger partial charge in [0.25, 0.3) is 0 Å². The first kappa shape index (κ1) is 7.23. The fourth-order valence-corrected chi connectivity index (χ4v) is 0.204. The molecule has 0 aromatic rings. The highest BCUT2D eigenvalue weighted by Gasteiger charge is 1.83. The average Bonchev–Trinajstić information content (AvgIpc) is 1.66. The molecule has 5 heteroatoms. The number of carbonyl (C=O) groups is 1. The van der Waals surface area contributed by atoms with Gasteiger partial charge < -0.3 is 5.11 Å². The van der Waals surface area contributed by atoms with Gasteiger partial charge in [0.15, 0.2) is 0 Å². The number of carboxylic acid groups (broad SMARTS) is 1. The number of rotatable bonds is 2. The fourth-order valence-electron chi connectivity index (χ4n) is 0.135. The molecule has 46 valence electrons. The molecule has 0 fully saturated rings. The third-order valence-corrected chi connectivity index (χ3v) is 0.459. The Labute approximate surface area is 51.1 Å². The van der Waals surface area contributed by atoms with E-state index in [9.17, 15) is 4.79 Å². The van der Waals surface area contributed by atoms with Gasteiger partial charge in [-0.2, -0.15) is 5.10 Å². The highest BCUT2D eigenvalue weighted by Crippen LogP contribution is 1.65. The van der Waals surface area contributed by atoms with Crippen molar-refractivity contribution in [1.29, 1.82) is 0 Å². The number of nitrogens with one attached hydrogen (secondary N) is 1. The van der Waals surface area contributed by atoms with Crippen molar-refractivity contribution in [3.63, 3.8) is 0 Å². The van der Waals surface area contributed by atoms with E-state index >= 15 is 0 Å². The minimum absolute atomic E-state index is 0.209. The van der Waals surface area contributed by atoms with Gasteiger partial charge in [0, 0.05) is 6.21 Å². The summed E-state index contributed by atoms with van der Waals surface area (Å²) in [4.78, 5) is 9.61. The smallest absolute Gasteiger partial charge is 0.425 e. The van der Waals surface area contributed by atoms with Crippen LogP contribution < -0.4 is 5.43 Å². The molecule has 0 saturated heterocycles. The van der Waals surface area contributed by atoms with Gasteiger partial charge in [-0.05, 0) is 0 Å². The monoisotopic (exact) mass is 136 g/mol. The minimum atomic E-state index is -1.19. The van der Waals surface area contributed by atoms with Crippen LogP contribution in [0.3, 0.4) is 0 Å². The van der Waals surface area contributed by atoms with Gasteiger partial charge in [0.1, 0.15) is 0 Å². The first-order valence-electron chi connectivity index (χ1n) is 1.84. The van der Waals surface area contributed by atoms with Gasteiger partial charge >= 0.3 is 6.09 Å². The molecule has 0 aromatic carbocycles. The van der Waals surface area contributed by atoms with Crippen molar-refractivity contribution in [3.05, 3.63) is 0 Å². The van der Waals surface area contributed by atoms with Crippen molar-refractivity contribution in [1.82, 2.24) is 5.43 Å². The summed E-state index contributed by atoms with van der Waals surface area (Å²) in [5.74, 6) is 0.209. The normalized spacial score (nSPS) is 9.62.